The molecule has 0 spiro atoms. The quantitative estimate of drug-likeness (QED) is 0.755. The van der Waals surface area contributed by atoms with Gasteiger partial charge in [0.2, 0.25) is 0 Å². The van der Waals surface area contributed by atoms with Crippen LogP contribution in [0.2, 0.25) is 0 Å². The largest absolute Gasteiger partial charge is 0.465 e. The molecule has 0 radical (unpaired) electrons. The number of carbonyl (C=O) groups excluding carboxylic acids is 2. The number of quaternary nitrogens is 1. The number of methoxy groups -OCH3 is 1. The van der Waals surface area contributed by atoms with Crippen LogP contribution in [0.1, 0.15) is 18.1 Å². The van der Waals surface area contributed by atoms with Crippen molar-refractivity contribution >= 4 is 17.6 Å². The van der Waals surface area contributed by atoms with Gasteiger partial charge in [-0.1, -0.05) is 6.07 Å². The van der Waals surface area contributed by atoms with Gasteiger partial charge in [-0.3, -0.25) is 4.79 Å². The van der Waals surface area contributed by atoms with Gasteiger partial charge in [0.15, 0.2) is 12.6 Å². The first-order valence-corrected chi connectivity index (χ1v) is 6.22. The average molecular weight is 265 g/mol. The van der Waals surface area contributed by atoms with E-state index >= 15 is 0 Å². The second-order valence-corrected chi connectivity index (χ2v) is 4.60. The number of aryl methyl sites for hydroxylation is 2. The van der Waals surface area contributed by atoms with E-state index in [-0.39, 0.29) is 24.5 Å². The van der Waals surface area contributed by atoms with Crippen LogP contribution in [0.4, 0.5) is 5.69 Å². The minimum atomic E-state index is -0.379. The highest BCUT2D eigenvalue weighted by Crippen LogP contribution is 2.13. The predicted molar refractivity (Wildman–Crippen MR) is 72.8 cm³/mol. The lowest BCUT2D eigenvalue weighted by atomic mass is 10.1. The zero-order chi connectivity index (χ0) is 14.4. The third-order valence-electron chi connectivity index (χ3n) is 3.02. The molecule has 0 aliphatic heterocycles. The highest BCUT2D eigenvalue weighted by atomic mass is 16.5. The Morgan fingerprint density at radius 3 is 2.58 bits per heavy atom. The zero-order valence-electron chi connectivity index (χ0n) is 11.8. The SMILES string of the molecule is COC(=O)[C@@H](C)[NH2+]CC(=O)Nc1ccc(C)c(C)c1. The number of ether oxygens (including phenoxy) is 1. The summed E-state index contributed by atoms with van der Waals surface area (Å²) in [7, 11) is 1.34. The Balaban J connectivity index is 2.47. The first kappa shape index (κ1) is 15.2. The molecule has 0 heterocycles. The van der Waals surface area contributed by atoms with Crippen LogP contribution in [0.5, 0.6) is 0 Å². The normalized spacial score (nSPS) is 11.8. The van der Waals surface area contributed by atoms with Crippen molar-refractivity contribution < 1.29 is 19.6 Å². The molecule has 1 amide bonds. The molecule has 0 fully saturated rings. The van der Waals surface area contributed by atoms with Crippen molar-refractivity contribution in [3.05, 3.63) is 29.3 Å². The lowest BCUT2D eigenvalue weighted by molar-refractivity contribution is -0.664. The Kier molecular flexibility index (Phi) is 5.51. The van der Waals surface area contributed by atoms with E-state index in [0.717, 1.165) is 11.3 Å². The van der Waals surface area contributed by atoms with Crippen LogP contribution in [0, 0.1) is 13.8 Å². The number of nitrogens with one attached hydrogen (secondary N) is 1. The van der Waals surface area contributed by atoms with Gasteiger partial charge in [0, 0.05) is 5.69 Å². The predicted octanol–water partition coefficient (Wildman–Crippen LogP) is 0.367. The first-order chi connectivity index (χ1) is 8.93. The molecule has 5 nitrogen and oxygen atoms in total. The zero-order valence-corrected chi connectivity index (χ0v) is 11.8. The molecular formula is C14H21N2O3+. The van der Waals surface area contributed by atoms with Crippen molar-refractivity contribution in [1.82, 2.24) is 0 Å². The van der Waals surface area contributed by atoms with Gasteiger partial charge in [0.1, 0.15) is 0 Å². The molecule has 3 N–H and O–H groups in total. The maximum Gasteiger partial charge on any atom is 0.364 e. The van der Waals surface area contributed by atoms with Gasteiger partial charge < -0.3 is 15.4 Å². The van der Waals surface area contributed by atoms with E-state index in [4.69, 9.17) is 0 Å². The summed E-state index contributed by atoms with van der Waals surface area (Å²) < 4.78 is 4.59. The molecule has 1 aromatic carbocycles. The molecular weight excluding hydrogens is 244 g/mol. The van der Waals surface area contributed by atoms with Gasteiger partial charge in [0.05, 0.1) is 7.11 Å². The van der Waals surface area contributed by atoms with Gasteiger partial charge in [-0.25, -0.2) is 4.79 Å². The van der Waals surface area contributed by atoms with Crippen LogP contribution >= 0.6 is 0 Å². The lowest BCUT2D eigenvalue weighted by Crippen LogP contribution is -2.92. The van der Waals surface area contributed by atoms with Gasteiger partial charge in [-0.15, -0.1) is 0 Å². The lowest BCUT2D eigenvalue weighted by Gasteiger charge is -2.09. The van der Waals surface area contributed by atoms with Crippen LogP contribution in [0.25, 0.3) is 0 Å². The minimum absolute atomic E-state index is 0.140. The fourth-order valence-electron chi connectivity index (χ4n) is 1.60. The van der Waals surface area contributed by atoms with E-state index in [0.29, 0.717) is 0 Å². The fourth-order valence-corrected chi connectivity index (χ4v) is 1.60. The van der Waals surface area contributed by atoms with Crippen LogP contribution in [0.3, 0.4) is 0 Å². The van der Waals surface area contributed by atoms with E-state index in [1.165, 1.54) is 12.7 Å². The third-order valence-corrected chi connectivity index (χ3v) is 3.02. The number of hydrogen-bond acceptors (Lipinski definition) is 3. The Hall–Kier alpha value is -1.88. The Labute approximate surface area is 113 Å². The molecule has 104 valence electrons. The van der Waals surface area contributed by atoms with E-state index in [9.17, 15) is 9.59 Å². The van der Waals surface area contributed by atoms with E-state index in [1.807, 2.05) is 32.0 Å². The molecule has 1 rings (SSSR count). The van der Waals surface area contributed by atoms with Crippen molar-refractivity contribution in [1.29, 1.82) is 0 Å². The summed E-state index contributed by atoms with van der Waals surface area (Å²) in [5.41, 5.74) is 3.08. The second-order valence-electron chi connectivity index (χ2n) is 4.60. The Morgan fingerprint density at radius 2 is 2.00 bits per heavy atom. The number of rotatable bonds is 5. The number of nitrogens with two attached hydrogens (primary N) is 1. The van der Waals surface area contributed by atoms with Crippen molar-refractivity contribution in [2.75, 3.05) is 19.0 Å². The van der Waals surface area contributed by atoms with Crippen LogP contribution < -0.4 is 10.6 Å². The Bertz CT molecular complexity index is 472. The third kappa shape index (κ3) is 4.71. The van der Waals surface area contributed by atoms with Crippen LogP contribution in [-0.2, 0) is 14.3 Å². The first-order valence-electron chi connectivity index (χ1n) is 6.22. The van der Waals surface area contributed by atoms with E-state index in [1.54, 1.807) is 12.2 Å². The van der Waals surface area contributed by atoms with Gasteiger partial charge in [0.25, 0.3) is 5.91 Å². The van der Waals surface area contributed by atoms with E-state index in [2.05, 4.69) is 10.1 Å². The maximum absolute atomic E-state index is 11.7. The van der Waals surface area contributed by atoms with Crippen LogP contribution in [0.15, 0.2) is 18.2 Å². The van der Waals surface area contributed by atoms with Gasteiger partial charge in [-0.2, -0.15) is 0 Å². The van der Waals surface area contributed by atoms with Crippen molar-refractivity contribution in [3.8, 4) is 0 Å². The second kappa shape index (κ2) is 6.89. The summed E-state index contributed by atoms with van der Waals surface area (Å²) >= 11 is 0. The van der Waals surface area contributed by atoms with Crippen molar-refractivity contribution in [2.24, 2.45) is 0 Å². The summed E-state index contributed by atoms with van der Waals surface area (Å²) in [6, 6.07) is 5.38. The standard InChI is InChI=1S/C14H20N2O3/c1-9-5-6-12(7-10(9)2)16-13(17)8-15-11(3)14(18)19-4/h5-7,11,15H,8H2,1-4H3,(H,16,17)/p+1/t11-/m1/s1. The topological polar surface area (TPSA) is 72.0 Å². The number of amides is 1. The van der Waals surface area contributed by atoms with Crippen LogP contribution in [-0.4, -0.2) is 31.6 Å². The summed E-state index contributed by atoms with van der Waals surface area (Å²) in [6.07, 6.45) is 0. The van der Waals surface area contributed by atoms with Gasteiger partial charge in [-0.05, 0) is 44.0 Å². The molecule has 0 bridgehead atoms. The molecule has 0 unspecified atom stereocenters. The highest BCUT2D eigenvalue weighted by Gasteiger charge is 2.17. The number of anilines is 1. The number of carbonyl (C=O) groups is 2. The van der Waals surface area contributed by atoms with Gasteiger partial charge >= 0.3 is 5.97 Å². The molecule has 1 atom stereocenters. The smallest absolute Gasteiger partial charge is 0.364 e. The monoisotopic (exact) mass is 265 g/mol. The maximum atomic E-state index is 11.7. The summed E-state index contributed by atoms with van der Waals surface area (Å²) in [5, 5.41) is 4.44. The minimum Gasteiger partial charge on any atom is -0.465 e. The molecule has 0 saturated carbocycles. The number of benzene rings is 1. The molecule has 0 aliphatic carbocycles. The van der Waals surface area contributed by atoms with E-state index < -0.39 is 0 Å². The van der Waals surface area contributed by atoms with Crippen molar-refractivity contribution in [3.63, 3.8) is 0 Å². The Morgan fingerprint density at radius 1 is 1.32 bits per heavy atom. The molecule has 5 heteroatoms. The fraction of sp³-hybridized carbons (Fsp3) is 0.429. The number of hydrogen-bond donors (Lipinski definition) is 2. The average Bonchev–Trinajstić information content (AvgIpc) is 2.39. The highest BCUT2D eigenvalue weighted by molar-refractivity contribution is 5.91. The molecule has 0 aromatic heterocycles. The summed E-state index contributed by atoms with van der Waals surface area (Å²) in [5.74, 6) is -0.474. The molecule has 1 aromatic rings. The molecule has 0 aliphatic rings. The molecule has 19 heavy (non-hydrogen) atoms. The number of esters is 1. The summed E-state index contributed by atoms with van der Waals surface area (Å²) in [6.45, 7) is 5.90. The van der Waals surface area contributed by atoms with Crippen molar-refractivity contribution in [2.45, 2.75) is 26.8 Å². The summed E-state index contributed by atoms with van der Waals surface area (Å²) in [4.78, 5) is 22.9. The molecule has 0 saturated heterocycles.